The number of hydrogen-bond donors (Lipinski definition) is 2. The number of hydrogen-bond acceptors (Lipinski definition) is 4. The van der Waals surface area contributed by atoms with E-state index >= 15 is 0 Å². The van der Waals surface area contributed by atoms with Crippen molar-refractivity contribution >= 4 is 11.8 Å². The standard InChI is InChI=1S/C10H13N3O3/c11-9(14)7-6-13(4-3-12-7)10(15)8-2-1-5-16-8/h1-2,5,7,12H,3-4,6H2,(H2,11,14)/t7-/m1/s1. The quantitative estimate of drug-likeness (QED) is 0.685. The van der Waals surface area contributed by atoms with Crippen LogP contribution in [0, 0.1) is 0 Å². The minimum atomic E-state index is -0.479. The number of carbonyl (C=O) groups is 2. The van der Waals surface area contributed by atoms with E-state index in [-0.39, 0.29) is 18.2 Å². The number of nitrogens with one attached hydrogen (secondary N) is 1. The summed E-state index contributed by atoms with van der Waals surface area (Å²) in [5, 5.41) is 2.95. The molecule has 16 heavy (non-hydrogen) atoms. The zero-order valence-electron chi connectivity index (χ0n) is 8.68. The van der Waals surface area contributed by atoms with Crippen molar-refractivity contribution in [2.45, 2.75) is 6.04 Å². The van der Waals surface area contributed by atoms with E-state index in [1.165, 1.54) is 6.26 Å². The van der Waals surface area contributed by atoms with Crippen molar-refractivity contribution in [3.8, 4) is 0 Å². The lowest BCUT2D eigenvalue weighted by Crippen LogP contribution is -2.57. The van der Waals surface area contributed by atoms with Crippen molar-refractivity contribution in [2.24, 2.45) is 5.73 Å². The van der Waals surface area contributed by atoms with Crippen LogP contribution < -0.4 is 11.1 Å². The Morgan fingerprint density at radius 3 is 3.00 bits per heavy atom. The molecule has 0 unspecified atom stereocenters. The third kappa shape index (κ3) is 2.06. The number of amides is 2. The maximum Gasteiger partial charge on any atom is 0.289 e. The van der Waals surface area contributed by atoms with Gasteiger partial charge in [0, 0.05) is 19.6 Å². The average molecular weight is 223 g/mol. The molecule has 0 aromatic carbocycles. The van der Waals surface area contributed by atoms with Gasteiger partial charge in [0.1, 0.15) is 6.04 Å². The molecule has 0 radical (unpaired) electrons. The van der Waals surface area contributed by atoms with E-state index in [9.17, 15) is 9.59 Å². The lowest BCUT2D eigenvalue weighted by molar-refractivity contribution is -0.120. The lowest BCUT2D eigenvalue weighted by atomic mass is 10.2. The predicted octanol–water partition coefficient (Wildman–Crippen LogP) is -0.821. The Morgan fingerprint density at radius 1 is 1.56 bits per heavy atom. The molecule has 3 N–H and O–H groups in total. The van der Waals surface area contributed by atoms with Gasteiger partial charge in [0.25, 0.3) is 5.91 Å². The van der Waals surface area contributed by atoms with Crippen LogP contribution in [0.4, 0.5) is 0 Å². The second-order valence-corrected chi connectivity index (χ2v) is 3.64. The molecule has 1 saturated heterocycles. The first-order valence-corrected chi connectivity index (χ1v) is 5.04. The van der Waals surface area contributed by atoms with Gasteiger partial charge >= 0.3 is 0 Å². The summed E-state index contributed by atoms with van der Waals surface area (Å²) in [6.45, 7) is 1.39. The molecule has 6 heteroatoms. The van der Waals surface area contributed by atoms with Gasteiger partial charge in [-0.2, -0.15) is 0 Å². The summed E-state index contributed by atoms with van der Waals surface area (Å²) in [6.07, 6.45) is 1.45. The number of furan rings is 1. The van der Waals surface area contributed by atoms with Crippen LogP contribution in [0.2, 0.25) is 0 Å². The van der Waals surface area contributed by atoms with Crippen molar-refractivity contribution in [3.63, 3.8) is 0 Å². The molecule has 2 amide bonds. The molecular formula is C10H13N3O3. The Kier molecular flexibility index (Phi) is 2.91. The summed E-state index contributed by atoms with van der Waals surface area (Å²) in [5.74, 6) is -0.375. The number of rotatable bonds is 2. The number of carbonyl (C=O) groups excluding carboxylic acids is 2. The smallest absolute Gasteiger partial charge is 0.289 e. The molecule has 0 saturated carbocycles. The van der Waals surface area contributed by atoms with E-state index in [1.54, 1.807) is 17.0 Å². The van der Waals surface area contributed by atoms with Crippen molar-refractivity contribution in [3.05, 3.63) is 24.2 Å². The zero-order chi connectivity index (χ0) is 11.5. The van der Waals surface area contributed by atoms with Gasteiger partial charge in [0.15, 0.2) is 5.76 Å². The highest BCUT2D eigenvalue weighted by Gasteiger charge is 2.27. The first kappa shape index (κ1) is 10.7. The SMILES string of the molecule is NC(=O)[C@H]1CN(C(=O)c2ccco2)CCN1. The molecule has 1 aliphatic rings. The van der Waals surface area contributed by atoms with Crippen LogP contribution in [0.5, 0.6) is 0 Å². The van der Waals surface area contributed by atoms with Crippen molar-refractivity contribution in [1.82, 2.24) is 10.2 Å². The van der Waals surface area contributed by atoms with Crippen LogP contribution in [0.3, 0.4) is 0 Å². The fourth-order valence-corrected chi connectivity index (χ4v) is 1.68. The normalized spacial score (nSPS) is 20.8. The van der Waals surface area contributed by atoms with E-state index in [1.807, 2.05) is 0 Å². The second kappa shape index (κ2) is 4.36. The zero-order valence-corrected chi connectivity index (χ0v) is 8.68. The Hall–Kier alpha value is -1.82. The molecule has 1 aromatic heterocycles. The fraction of sp³-hybridized carbons (Fsp3) is 0.400. The summed E-state index contributed by atoms with van der Waals surface area (Å²) in [4.78, 5) is 24.4. The molecular weight excluding hydrogens is 210 g/mol. The van der Waals surface area contributed by atoms with Crippen LogP contribution in [-0.2, 0) is 4.79 Å². The highest BCUT2D eigenvalue weighted by Crippen LogP contribution is 2.08. The molecule has 1 atom stereocenters. The largest absolute Gasteiger partial charge is 0.459 e. The second-order valence-electron chi connectivity index (χ2n) is 3.64. The average Bonchev–Trinajstić information content (AvgIpc) is 2.81. The highest BCUT2D eigenvalue weighted by molar-refractivity contribution is 5.92. The minimum Gasteiger partial charge on any atom is -0.459 e. The highest BCUT2D eigenvalue weighted by atomic mass is 16.3. The fourth-order valence-electron chi connectivity index (χ4n) is 1.68. The molecule has 0 spiro atoms. The number of piperazine rings is 1. The topological polar surface area (TPSA) is 88.6 Å². The third-order valence-corrected chi connectivity index (χ3v) is 2.54. The predicted molar refractivity (Wildman–Crippen MR) is 55.6 cm³/mol. The van der Waals surface area contributed by atoms with Gasteiger partial charge in [-0.25, -0.2) is 0 Å². The van der Waals surface area contributed by atoms with Crippen LogP contribution in [0.1, 0.15) is 10.6 Å². The van der Waals surface area contributed by atoms with Crippen molar-refractivity contribution in [1.29, 1.82) is 0 Å². The monoisotopic (exact) mass is 223 g/mol. The summed E-state index contributed by atoms with van der Waals surface area (Å²) in [5.41, 5.74) is 5.19. The molecule has 1 aromatic rings. The summed E-state index contributed by atoms with van der Waals surface area (Å²) in [7, 11) is 0. The van der Waals surface area contributed by atoms with E-state index in [2.05, 4.69) is 5.32 Å². The van der Waals surface area contributed by atoms with Crippen LogP contribution >= 0.6 is 0 Å². The van der Waals surface area contributed by atoms with Gasteiger partial charge in [0.2, 0.25) is 5.91 Å². The molecule has 0 bridgehead atoms. The van der Waals surface area contributed by atoms with Crippen LogP contribution in [0.15, 0.2) is 22.8 Å². The van der Waals surface area contributed by atoms with E-state index in [4.69, 9.17) is 10.2 Å². The van der Waals surface area contributed by atoms with Gasteiger partial charge in [-0.1, -0.05) is 0 Å². The van der Waals surface area contributed by atoms with E-state index < -0.39 is 11.9 Å². The molecule has 1 fully saturated rings. The summed E-state index contributed by atoms with van der Waals surface area (Å²) < 4.78 is 5.02. The van der Waals surface area contributed by atoms with E-state index in [0.717, 1.165) is 0 Å². The maximum absolute atomic E-state index is 11.9. The Labute approximate surface area is 92.4 Å². The van der Waals surface area contributed by atoms with Crippen molar-refractivity contribution in [2.75, 3.05) is 19.6 Å². The molecule has 86 valence electrons. The number of primary amides is 1. The van der Waals surface area contributed by atoms with E-state index in [0.29, 0.717) is 13.1 Å². The van der Waals surface area contributed by atoms with Gasteiger partial charge in [-0.05, 0) is 12.1 Å². The first-order valence-electron chi connectivity index (χ1n) is 5.04. The summed E-state index contributed by atoms with van der Waals surface area (Å²) in [6, 6.07) is 2.78. The summed E-state index contributed by atoms with van der Waals surface area (Å²) >= 11 is 0. The molecule has 0 aliphatic carbocycles. The van der Waals surface area contributed by atoms with Gasteiger partial charge < -0.3 is 20.4 Å². The Balaban J connectivity index is 2.05. The molecule has 6 nitrogen and oxygen atoms in total. The number of nitrogens with zero attached hydrogens (tertiary/aromatic N) is 1. The van der Waals surface area contributed by atoms with Crippen molar-refractivity contribution < 1.29 is 14.0 Å². The molecule has 2 heterocycles. The minimum absolute atomic E-state index is 0.210. The third-order valence-electron chi connectivity index (χ3n) is 2.54. The Bertz CT molecular complexity index is 388. The lowest BCUT2D eigenvalue weighted by Gasteiger charge is -2.31. The van der Waals surface area contributed by atoms with Crippen LogP contribution in [0.25, 0.3) is 0 Å². The maximum atomic E-state index is 11.9. The number of nitrogens with two attached hydrogens (primary N) is 1. The van der Waals surface area contributed by atoms with Crippen LogP contribution in [-0.4, -0.2) is 42.4 Å². The Morgan fingerprint density at radius 2 is 2.38 bits per heavy atom. The van der Waals surface area contributed by atoms with Gasteiger partial charge in [-0.3, -0.25) is 9.59 Å². The van der Waals surface area contributed by atoms with Gasteiger partial charge in [0.05, 0.1) is 6.26 Å². The first-order chi connectivity index (χ1) is 7.68. The van der Waals surface area contributed by atoms with Gasteiger partial charge in [-0.15, -0.1) is 0 Å². The molecule has 2 rings (SSSR count). The molecule has 1 aliphatic heterocycles.